The lowest BCUT2D eigenvalue weighted by Crippen LogP contribution is -2.21. The van der Waals surface area contributed by atoms with E-state index in [0.29, 0.717) is 5.75 Å². The average molecular weight is 304 g/mol. The van der Waals surface area contributed by atoms with E-state index >= 15 is 0 Å². The summed E-state index contributed by atoms with van der Waals surface area (Å²) in [5, 5.41) is 20.0. The van der Waals surface area contributed by atoms with Crippen LogP contribution in [-0.4, -0.2) is 42.6 Å². The summed E-state index contributed by atoms with van der Waals surface area (Å²) in [6.45, 7) is 1.52. The van der Waals surface area contributed by atoms with Crippen LogP contribution in [0.4, 0.5) is 0 Å². The molecule has 0 aromatic heterocycles. The first-order chi connectivity index (χ1) is 10.5. The van der Waals surface area contributed by atoms with Crippen molar-refractivity contribution < 1.29 is 24.5 Å². The Bertz CT molecular complexity index is 653. The number of carbonyl (C=O) groups is 1. The first-order valence-electron chi connectivity index (χ1n) is 7.08. The number of aliphatic hydroxyl groups excluding tert-OH is 2. The van der Waals surface area contributed by atoms with Crippen LogP contribution in [0.2, 0.25) is 0 Å². The van der Waals surface area contributed by atoms with E-state index in [9.17, 15) is 9.90 Å². The summed E-state index contributed by atoms with van der Waals surface area (Å²) in [5.74, 6) is 0.0380. The van der Waals surface area contributed by atoms with Gasteiger partial charge >= 0.3 is 5.97 Å². The van der Waals surface area contributed by atoms with Crippen LogP contribution >= 0.6 is 0 Å². The Balaban J connectivity index is 2.20. The maximum Gasteiger partial charge on any atom is 0.312 e. The fourth-order valence-electron chi connectivity index (χ4n) is 2.16. The van der Waals surface area contributed by atoms with Crippen molar-refractivity contribution in [2.24, 2.45) is 0 Å². The molecule has 2 unspecified atom stereocenters. The average Bonchev–Trinajstić information content (AvgIpc) is 2.57. The summed E-state index contributed by atoms with van der Waals surface area (Å²) in [5.41, 5.74) is 0.892. The SMILES string of the molecule is COC(=O)C(C)c1ccc2cc(OCC(O)CO)ccc2c1. The highest BCUT2D eigenvalue weighted by Crippen LogP contribution is 2.25. The zero-order chi connectivity index (χ0) is 16.1. The molecule has 0 saturated carbocycles. The molecular formula is C17H20O5. The molecule has 118 valence electrons. The molecular weight excluding hydrogens is 284 g/mol. The molecule has 5 nitrogen and oxygen atoms in total. The molecule has 0 spiro atoms. The molecule has 0 aliphatic carbocycles. The highest BCUT2D eigenvalue weighted by atomic mass is 16.5. The Kier molecular flexibility index (Phi) is 5.35. The lowest BCUT2D eigenvalue weighted by Gasteiger charge is -2.12. The Morgan fingerprint density at radius 3 is 2.55 bits per heavy atom. The molecule has 2 atom stereocenters. The second-order valence-electron chi connectivity index (χ2n) is 5.16. The summed E-state index contributed by atoms with van der Waals surface area (Å²) in [6.07, 6.45) is -0.890. The predicted molar refractivity (Wildman–Crippen MR) is 83.0 cm³/mol. The number of ether oxygens (including phenoxy) is 2. The summed E-state index contributed by atoms with van der Waals surface area (Å²) in [4.78, 5) is 11.6. The van der Waals surface area contributed by atoms with Gasteiger partial charge in [-0.3, -0.25) is 4.79 Å². The van der Waals surface area contributed by atoms with Crippen molar-refractivity contribution in [3.63, 3.8) is 0 Å². The van der Waals surface area contributed by atoms with E-state index in [1.807, 2.05) is 30.3 Å². The monoisotopic (exact) mass is 304 g/mol. The summed E-state index contributed by atoms with van der Waals surface area (Å²) < 4.78 is 10.2. The number of methoxy groups -OCH3 is 1. The minimum atomic E-state index is -0.890. The van der Waals surface area contributed by atoms with Crippen molar-refractivity contribution >= 4 is 16.7 Å². The van der Waals surface area contributed by atoms with Gasteiger partial charge in [0.15, 0.2) is 0 Å². The van der Waals surface area contributed by atoms with Crippen LogP contribution in [0, 0.1) is 0 Å². The first kappa shape index (κ1) is 16.3. The summed E-state index contributed by atoms with van der Waals surface area (Å²) in [6, 6.07) is 11.3. The summed E-state index contributed by atoms with van der Waals surface area (Å²) >= 11 is 0. The Morgan fingerprint density at radius 2 is 1.86 bits per heavy atom. The largest absolute Gasteiger partial charge is 0.491 e. The van der Waals surface area contributed by atoms with E-state index in [0.717, 1.165) is 16.3 Å². The van der Waals surface area contributed by atoms with Gasteiger partial charge in [0.2, 0.25) is 0 Å². The maximum atomic E-state index is 11.6. The minimum Gasteiger partial charge on any atom is -0.491 e. The Hall–Kier alpha value is -2.11. The van der Waals surface area contributed by atoms with Crippen LogP contribution in [0.3, 0.4) is 0 Å². The fourth-order valence-corrected chi connectivity index (χ4v) is 2.16. The number of aliphatic hydroxyl groups is 2. The van der Waals surface area contributed by atoms with Crippen molar-refractivity contribution in [2.75, 3.05) is 20.3 Å². The molecule has 2 aromatic rings. The second kappa shape index (κ2) is 7.24. The van der Waals surface area contributed by atoms with E-state index in [-0.39, 0.29) is 25.1 Å². The number of benzene rings is 2. The molecule has 0 saturated heterocycles. The molecule has 0 radical (unpaired) electrons. The zero-order valence-electron chi connectivity index (χ0n) is 12.7. The van der Waals surface area contributed by atoms with Gasteiger partial charge in [0.25, 0.3) is 0 Å². The number of rotatable bonds is 6. The summed E-state index contributed by atoms with van der Waals surface area (Å²) in [7, 11) is 1.38. The van der Waals surface area contributed by atoms with Gasteiger partial charge in [0.05, 0.1) is 19.6 Å². The predicted octanol–water partition coefficient (Wildman–Crippen LogP) is 1.85. The number of carbonyl (C=O) groups excluding carboxylic acids is 1. The van der Waals surface area contributed by atoms with Gasteiger partial charge < -0.3 is 19.7 Å². The standard InChI is InChI=1S/C17H20O5/c1-11(17(20)21-2)12-3-4-14-8-16(6-5-13(14)7-12)22-10-15(19)9-18/h3-8,11,15,18-19H,9-10H2,1-2H3. The van der Waals surface area contributed by atoms with Crippen LogP contribution in [0.1, 0.15) is 18.4 Å². The van der Waals surface area contributed by atoms with Crippen molar-refractivity contribution in [2.45, 2.75) is 18.9 Å². The molecule has 2 rings (SSSR count). The van der Waals surface area contributed by atoms with E-state index in [1.165, 1.54) is 7.11 Å². The number of esters is 1. The molecule has 0 aliphatic heterocycles. The van der Waals surface area contributed by atoms with Crippen LogP contribution < -0.4 is 4.74 Å². The first-order valence-corrected chi connectivity index (χ1v) is 7.08. The molecule has 2 N–H and O–H groups in total. The van der Waals surface area contributed by atoms with Crippen molar-refractivity contribution in [1.29, 1.82) is 0 Å². The fraction of sp³-hybridized carbons (Fsp3) is 0.353. The van der Waals surface area contributed by atoms with Gasteiger partial charge in [-0.2, -0.15) is 0 Å². The van der Waals surface area contributed by atoms with Crippen molar-refractivity contribution in [3.05, 3.63) is 42.0 Å². The van der Waals surface area contributed by atoms with E-state index in [2.05, 4.69) is 0 Å². The molecule has 22 heavy (non-hydrogen) atoms. The number of fused-ring (bicyclic) bond motifs is 1. The molecule has 0 aliphatic rings. The maximum absolute atomic E-state index is 11.6. The molecule has 0 amide bonds. The molecule has 0 heterocycles. The zero-order valence-corrected chi connectivity index (χ0v) is 12.7. The third kappa shape index (κ3) is 3.75. The topological polar surface area (TPSA) is 76.0 Å². The van der Waals surface area contributed by atoms with Crippen LogP contribution in [0.5, 0.6) is 5.75 Å². The third-order valence-corrected chi connectivity index (χ3v) is 3.54. The second-order valence-corrected chi connectivity index (χ2v) is 5.16. The molecule has 2 aromatic carbocycles. The van der Waals surface area contributed by atoms with E-state index < -0.39 is 6.10 Å². The smallest absolute Gasteiger partial charge is 0.312 e. The number of hydrogen-bond acceptors (Lipinski definition) is 5. The van der Waals surface area contributed by atoms with Gasteiger partial charge in [-0.15, -0.1) is 0 Å². The molecule has 0 bridgehead atoms. The van der Waals surface area contributed by atoms with Gasteiger partial charge in [0, 0.05) is 0 Å². The lowest BCUT2D eigenvalue weighted by molar-refractivity contribution is -0.141. The minimum absolute atomic E-state index is 0.0411. The molecule has 5 heteroatoms. The third-order valence-electron chi connectivity index (χ3n) is 3.54. The van der Waals surface area contributed by atoms with E-state index in [4.69, 9.17) is 14.6 Å². The highest BCUT2D eigenvalue weighted by molar-refractivity contribution is 5.86. The van der Waals surface area contributed by atoms with Gasteiger partial charge in [-0.25, -0.2) is 0 Å². The quantitative estimate of drug-likeness (QED) is 0.797. The van der Waals surface area contributed by atoms with Crippen LogP contribution in [-0.2, 0) is 9.53 Å². The Labute approximate surface area is 129 Å². The Morgan fingerprint density at radius 1 is 1.18 bits per heavy atom. The van der Waals surface area contributed by atoms with Crippen molar-refractivity contribution in [1.82, 2.24) is 0 Å². The van der Waals surface area contributed by atoms with Crippen molar-refractivity contribution in [3.8, 4) is 5.75 Å². The number of hydrogen-bond donors (Lipinski definition) is 2. The highest BCUT2D eigenvalue weighted by Gasteiger charge is 2.15. The van der Waals surface area contributed by atoms with E-state index in [1.54, 1.807) is 13.0 Å². The normalized spacial score (nSPS) is 13.6. The van der Waals surface area contributed by atoms with Gasteiger partial charge in [0.1, 0.15) is 18.5 Å². The van der Waals surface area contributed by atoms with Crippen LogP contribution in [0.25, 0.3) is 10.8 Å². The van der Waals surface area contributed by atoms with Crippen LogP contribution in [0.15, 0.2) is 36.4 Å². The van der Waals surface area contributed by atoms with Gasteiger partial charge in [-0.05, 0) is 35.4 Å². The molecule has 0 fully saturated rings. The van der Waals surface area contributed by atoms with Gasteiger partial charge in [-0.1, -0.05) is 24.3 Å². The lowest BCUT2D eigenvalue weighted by atomic mass is 9.98.